The predicted octanol–water partition coefficient (Wildman–Crippen LogP) is 2.30. The number of nitrogens with zero attached hydrogens (tertiary/aromatic N) is 3. The molecule has 21 heavy (non-hydrogen) atoms. The van der Waals surface area contributed by atoms with Gasteiger partial charge in [0.05, 0.1) is 5.92 Å². The van der Waals surface area contributed by atoms with Crippen LogP contribution in [0.4, 0.5) is 5.13 Å². The van der Waals surface area contributed by atoms with Crippen molar-refractivity contribution in [2.75, 3.05) is 31.1 Å². The van der Waals surface area contributed by atoms with Crippen molar-refractivity contribution in [3.05, 3.63) is 11.6 Å². The van der Waals surface area contributed by atoms with Gasteiger partial charge in [-0.2, -0.15) is 0 Å². The maximum absolute atomic E-state index is 11.6. The fourth-order valence-corrected chi connectivity index (χ4v) is 4.33. The number of carbonyl (C=O) groups is 1. The first-order chi connectivity index (χ1) is 10.3. The van der Waals surface area contributed by atoms with Crippen LogP contribution >= 0.6 is 11.3 Å². The van der Waals surface area contributed by atoms with Gasteiger partial charge in [0.25, 0.3) is 0 Å². The second kappa shape index (κ2) is 6.75. The van der Waals surface area contributed by atoms with E-state index in [1.165, 1.54) is 12.8 Å². The first kappa shape index (κ1) is 14.8. The molecular weight excluding hydrogens is 286 g/mol. The lowest BCUT2D eigenvalue weighted by Gasteiger charge is -2.40. The summed E-state index contributed by atoms with van der Waals surface area (Å²) >= 11 is 1.68. The summed E-state index contributed by atoms with van der Waals surface area (Å²) in [6.07, 6.45) is 7.13. The van der Waals surface area contributed by atoms with Crippen molar-refractivity contribution >= 4 is 22.4 Å². The highest BCUT2D eigenvalue weighted by Crippen LogP contribution is 2.29. The number of piperazine rings is 1. The summed E-state index contributed by atoms with van der Waals surface area (Å²) in [6.45, 7) is 3.81. The smallest absolute Gasteiger partial charge is 0.308 e. The molecule has 1 aromatic rings. The number of rotatable bonds is 3. The first-order valence-electron chi connectivity index (χ1n) is 7.87. The molecule has 0 amide bonds. The minimum absolute atomic E-state index is 0.182. The highest BCUT2D eigenvalue weighted by molar-refractivity contribution is 7.13. The average molecular weight is 309 g/mol. The lowest BCUT2D eigenvalue weighted by atomic mass is 9.93. The van der Waals surface area contributed by atoms with E-state index in [9.17, 15) is 9.90 Å². The minimum atomic E-state index is -0.607. The number of hydrogen-bond acceptors (Lipinski definition) is 5. The Morgan fingerprint density at radius 3 is 2.62 bits per heavy atom. The number of carboxylic acid groups (broad SMARTS) is 1. The van der Waals surface area contributed by atoms with Gasteiger partial charge in [-0.3, -0.25) is 9.69 Å². The normalized spacial score (nSPS) is 28.3. The van der Waals surface area contributed by atoms with Crippen LogP contribution in [0.3, 0.4) is 0 Å². The van der Waals surface area contributed by atoms with Gasteiger partial charge in [-0.05, 0) is 12.8 Å². The van der Waals surface area contributed by atoms with Crippen LogP contribution in [-0.4, -0.2) is 53.2 Å². The zero-order valence-corrected chi connectivity index (χ0v) is 13.1. The van der Waals surface area contributed by atoms with Crippen molar-refractivity contribution in [2.45, 2.75) is 38.1 Å². The van der Waals surface area contributed by atoms with Crippen molar-refractivity contribution in [1.82, 2.24) is 9.88 Å². The predicted molar refractivity (Wildman–Crippen MR) is 83.9 cm³/mol. The van der Waals surface area contributed by atoms with Gasteiger partial charge in [-0.25, -0.2) is 4.98 Å². The van der Waals surface area contributed by atoms with Crippen LogP contribution in [-0.2, 0) is 4.79 Å². The molecule has 2 unspecified atom stereocenters. The standard InChI is InChI=1S/C15H23N3O2S/c19-14(20)12-4-2-1-3-5-13(12)17-7-9-18(10-8-17)15-16-6-11-21-15/h6,11-13H,1-5,7-10H2,(H,19,20). The van der Waals surface area contributed by atoms with E-state index in [0.29, 0.717) is 0 Å². The van der Waals surface area contributed by atoms with Crippen LogP contribution in [0, 0.1) is 5.92 Å². The van der Waals surface area contributed by atoms with Crippen molar-refractivity contribution in [3.63, 3.8) is 0 Å². The van der Waals surface area contributed by atoms with Gasteiger partial charge in [0.2, 0.25) is 0 Å². The molecule has 0 radical (unpaired) electrons. The van der Waals surface area contributed by atoms with Gasteiger partial charge in [-0.1, -0.05) is 19.3 Å². The third-order valence-corrected chi connectivity index (χ3v) is 5.60. The number of anilines is 1. The van der Waals surface area contributed by atoms with Gasteiger partial charge in [-0.15, -0.1) is 11.3 Å². The Bertz CT molecular complexity index is 457. The van der Waals surface area contributed by atoms with Crippen molar-refractivity contribution in [1.29, 1.82) is 0 Å². The Morgan fingerprint density at radius 1 is 1.19 bits per heavy atom. The van der Waals surface area contributed by atoms with Crippen LogP contribution in [0.2, 0.25) is 0 Å². The number of hydrogen-bond donors (Lipinski definition) is 1. The molecule has 2 atom stereocenters. The van der Waals surface area contributed by atoms with Crippen LogP contribution in [0.5, 0.6) is 0 Å². The Morgan fingerprint density at radius 2 is 1.95 bits per heavy atom. The molecule has 0 bridgehead atoms. The van der Waals surface area contributed by atoms with E-state index in [1.807, 2.05) is 11.6 Å². The molecule has 2 fully saturated rings. The van der Waals surface area contributed by atoms with Crippen LogP contribution in [0.25, 0.3) is 0 Å². The molecular formula is C15H23N3O2S. The maximum atomic E-state index is 11.6. The molecule has 1 aliphatic carbocycles. The van der Waals surface area contributed by atoms with Crippen molar-refractivity contribution < 1.29 is 9.90 Å². The quantitative estimate of drug-likeness (QED) is 0.868. The molecule has 0 spiro atoms. The number of carboxylic acids is 1. The lowest BCUT2D eigenvalue weighted by Crippen LogP contribution is -2.53. The number of aromatic nitrogens is 1. The molecule has 0 aromatic carbocycles. The monoisotopic (exact) mass is 309 g/mol. The van der Waals surface area contributed by atoms with Gasteiger partial charge >= 0.3 is 5.97 Å². The Balaban J connectivity index is 1.63. The molecule has 6 heteroatoms. The van der Waals surface area contributed by atoms with Crippen LogP contribution < -0.4 is 4.90 Å². The number of thiazole rings is 1. The van der Waals surface area contributed by atoms with E-state index in [4.69, 9.17) is 0 Å². The topological polar surface area (TPSA) is 56.7 Å². The van der Waals surface area contributed by atoms with Gasteiger partial charge in [0.15, 0.2) is 5.13 Å². The average Bonchev–Trinajstić information content (AvgIpc) is 2.91. The molecule has 5 nitrogen and oxygen atoms in total. The third kappa shape index (κ3) is 3.37. The summed E-state index contributed by atoms with van der Waals surface area (Å²) in [4.78, 5) is 20.7. The molecule has 1 saturated carbocycles. The van der Waals surface area contributed by atoms with Gasteiger partial charge < -0.3 is 10.0 Å². The zero-order chi connectivity index (χ0) is 14.7. The van der Waals surface area contributed by atoms with Gasteiger partial charge in [0, 0.05) is 43.8 Å². The summed E-state index contributed by atoms with van der Waals surface area (Å²) in [7, 11) is 0. The molecule has 1 saturated heterocycles. The lowest BCUT2D eigenvalue weighted by molar-refractivity contribution is -0.144. The zero-order valence-electron chi connectivity index (χ0n) is 12.3. The highest BCUT2D eigenvalue weighted by atomic mass is 32.1. The van der Waals surface area contributed by atoms with E-state index in [2.05, 4.69) is 14.8 Å². The van der Waals surface area contributed by atoms with Crippen molar-refractivity contribution in [3.8, 4) is 0 Å². The van der Waals surface area contributed by atoms with E-state index < -0.39 is 5.97 Å². The SMILES string of the molecule is O=C(O)C1CCCCCC1N1CCN(c2nccs2)CC1. The Labute approximate surface area is 129 Å². The Hall–Kier alpha value is -1.14. The highest BCUT2D eigenvalue weighted by Gasteiger charge is 2.35. The van der Waals surface area contributed by atoms with E-state index >= 15 is 0 Å². The van der Waals surface area contributed by atoms with Gasteiger partial charge in [0.1, 0.15) is 0 Å². The molecule has 2 heterocycles. The second-order valence-electron chi connectivity index (χ2n) is 5.99. The fraction of sp³-hybridized carbons (Fsp3) is 0.733. The van der Waals surface area contributed by atoms with Crippen LogP contribution in [0.1, 0.15) is 32.1 Å². The first-order valence-corrected chi connectivity index (χ1v) is 8.75. The summed E-state index contributed by atoms with van der Waals surface area (Å²) in [5.74, 6) is -0.789. The molecule has 116 valence electrons. The van der Waals surface area contributed by atoms with E-state index in [-0.39, 0.29) is 12.0 Å². The molecule has 3 rings (SSSR count). The summed E-state index contributed by atoms with van der Waals surface area (Å²) in [5, 5.41) is 12.6. The third-order valence-electron chi connectivity index (χ3n) is 4.77. The molecule has 1 aliphatic heterocycles. The summed E-state index contributed by atoms with van der Waals surface area (Å²) < 4.78 is 0. The number of aliphatic carboxylic acids is 1. The largest absolute Gasteiger partial charge is 0.481 e. The fourth-order valence-electron chi connectivity index (χ4n) is 3.63. The minimum Gasteiger partial charge on any atom is -0.481 e. The summed E-state index contributed by atoms with van der Waals surface area (Å²) in [5.41, 5.74) is 0. The Kier molecular flexibility index (Phi) is 4.75. The molecule has 1 N–H and O–H groups in total. The molecule has 2 aliphatic rings. The van der Waals surface area contributed by atoms with E-state index in [0.717, 1.165) is 50.6 Å². The maximum Gasteiger partial charge on any atom is 0.308 e. The summed E-state index contributed by atoms with van der Waals surface area (Å²) in [6, 6.07) is 0.225. The van der Waals surface area contributed by atoms with Crippen molar-refractivity contribution in [2.24, 2.45) is 5.92 Å². The van der Waals surface area contributed by atoms with E-state index in [1.54, 1.807) is 11.3 Å². The molecule has 1 aromatic heterocycles. The second-order valence-corrected chi connectivity index (χ2v) is 6.86. The van der Waals surface area contributed by atoms with Crippen LogP contribution in [0.15, 0.2) is 11.6 Å².